The van der Waals surface area contributed by atoms with Crippen LogP contribution in [0.3, 0.4) is 0 Å². The summed E-state index contributed by atoms with van der Waals surface area (Å²) in [7, 11) is 3.92. The standard InChI is InChI=1S/C22H22N2O4S2/c1-23(2)17-10-8-16(9-11-17)19-12-13-20(29-19)24(30(27)28)22(21(25)26)14-18(22)15-6-4-3-5-7-15/h3-13,18H,14H2,1-2H3,(H,25,26)(H,27,28)/p-1. The summed E-state index contributed by atoms with van der Waals surface area (Å²) >= 11 is -1.45. The number of carboxylic acid groups (broad SMARTS) is 1. The Balaban J connectivity index is 1.69. The summed E-state index contributed by atoms with van der Waals surface area (Å²) < 4.78 is 25.4. The molecule has 30 heavy (non-hydrogen) atoms. The second-order valence-electron chi connectivity index (χ2n) is 7.49. The van der Waals surface area contributed by atoms with Crippen LogP contribution in [0.15, 0.2) is 66.7 Å². The van der Waals surface area contributed by atoms with Gasteiger partial charge >= 0.3 is 5.97 Å². The average molecular weight is 442 g/mol. The number of carboxylic acids is 1. The first-order valence-corrected chi connectivity index (χ1v) is 11.2. The second kappa shape index (κ2) is 7.86. The molecule has 0 radical (unpaired) electrons. The van der Waals surface area contributed by atoms with Crippen LogP contribution in [0.5, 0.6) is 0 Å². The zero-order chi connectivity index (χ0) is 21.5. The molecule has 0 spiro atoms. The molecule has 156 valence electrons. The van der Waals surface area contributed by atoms with Crippen LogP contribution < -0.4 is 9.21 Å². The molecule has 6 nitrogen and oxygen atoms in total. The second-order valence-corrected chi connectivity index (χ2v) is 9.35. The molecule has 2 aromatic carbocycles. The number of nitrogens with zero attached hydrogens (tertiary/aromatic N) is 2. The van der Waals surface area contributed by atoms with Gasteiger partial charge in [0, 0.05) is 41.8 Å². The molecule has 3 atom stereocenters. The molecule has 1 heterocycles. The van der Waals surface area contributed by atoms with E-state index in [0.717, 1.165) is 26.0 Å². The highest BCUT2D eigenvalue weighted by molar-refractivity contribution is 7.81. The number of benzene rings is 2. The van der Waals surface area contributed by atoms with Gasteiger partial charge in [-0.1, -0.05) is 42.5 Å². The Labute approximate surface area is 181 Å². The van der Waals surface area contributed by atoms with Gasteiger partial charge in [-0.3, -0.25) is 8.51 Å². The maximum atomic E-state index is 12.2. The molecule has 0 amide bonds. The summed E-state index contributed by atoms with van der Waals surface area (Å²) in [6.45, 7) is 0. The lowest BCUT2D eigenvalue weighted by atomic mass is 10.1. The van der Waals surface area contributed by atoms with Gasteiger partial charge in [-0.25, -0.2) is 4.79 Å². The molecular weight excluding hydrogens is 420 g/mol. The van der Waals surface area contributed by atoms with Gasteiger partial charge < -0.3 is 14.6 Å². The van der Waals surface area contributed by atoms with Crippen LogP contribution in [0.2, 0.25) is 0 Å². The maximum absolute atomic E-state index is 12.2. The van der Waals surface area contributed by atoms with Gasteiger partial charge in [0.25, 0.3) is 0 Å². The van der Waals surface area contributed by atoms with Crippen LogP contribution in [0.4, 0.5) is 10.7 Å². The van der Waals surface area contributed by atoms with Crippen LogP contribution in [0.1, 0.15) is 17.9 Å². The molecule has 0 bridgehead atoms. The van der Waals surface area contributed by atoms with Crippen LogP contribution >= 0.6 is 11.3 Å². The van der Waals surface area contributed by atoms with Crippen molar-refractivity contribution in [3.05, 3.63) is 72.3 Å². The number of carbonyl (C=O) groups is 1. The number of hydrogen-bond donors (Lipinski definition) is 1. The first kappa shape index (κ1) is 20.6. The fraction of sp³-hybridized carbons (Fsp3) is 0.227. The predicted molar refractivity (Wildman–Crippen MR) is 120 cm³/mol. The van der Waals surface area contributed by atoms with Crippen molar-refractivity contribution in [2.45, 2.75) is 17.9 Å². The fourth-order valence-corrected chi connectivity index (χ4v) is 5.84. The predicted octanol–water partition coefficient (Wildman–Crippen LogP) is 4.09. The van der Waals surface area contributed by atoms with E-state index >= 15 is 0 Å². The van der Waals surface area contributed by atoms with E-state index in [2.05, 4.69) is 0 Å². The van der Waals surface area contributed by atoms with Crippen molar-refractivity contribution in [2.75, 3.05) is 23.3 Å². The summed E-state index contributed by atoms with van der Waals surface area (Å²) in [5.74, 6) is -1.52. The van der Waals surface area contributed by atoms with Gasteiger partial charge in [0.05, 0.1) is 0 Å². The van der Waals surface area contributed by atoms with Gasteiger partial charge in [0.2, 0.25) is 0 Å². The number of thiophene rings is 1. The number of aliphatic carboxylic acids is 1. The lowest BCUT2D eigenvalue weighted by Crippen LogP contribution is -2.46. The summed E-state index contributed by atoms with van der Waals surface area (Å²) in [4.78, 5) is 15.1. The van der Waals surface area contributed by atoms with E-state index in [1.165, 1.54) is 11.3 Å². The smallest absolute Gasteiger partial charge is 0.331 e. The Morgan fingerprint density at radius 1 is 1.10 bits per heavy atom. The zero-order valence-electron chi connectivity index (χ0n) is 16.5. The van der Waals surface area contributed by atoms with Crippen molar-refractivity contribution in [3.63, 3.8) is 0 Å². The van der Waals surface area contributed by atoms with E-state index in [4.69, 9.17) is 0 Å². The van der Waals surface area contributed by atoms with Crippen LogP contribution in [0.25, 0.3) is 10.4 Å². The van der Waals surface area contributed by atoms with Crippen molar-refractivity contribution in [1.29, 1.82) is 0 Å². The third-order valence-corrected chi connectivity index (χ3v) is 7.53. The molecule has 0 aliphatic heterocycles. The highest BCUT2D eigenvalue weighted by Gasteiger charge is 2.66. The van der Waals surface area contributed by atoms with Crippen molar-refractivity contribution < 1.29 is 18.7 Å². The number of hydrogen-bond acceptors (Lipinski definition) is 5. The fourth-order valence-electron chi connectivity index (χ4n) is 3.80. The van der Waals surface area contributed by atoms with Crippen LogP contribution in [-0.2, 0) is 16.1 Å². The molecule has 0 saturated heterocycles. The Morgan fingerprint density at radius 2 is 1.77 bits per heavy atom. The Kier molecular flexibility index (Phi) is 5.40. The van der Waals surface area contributed by atoms with Crippen molar-refractivity contribution in [1.82, 2.24) is 0 Å². The quantitative estimate of drug-likeness (QED) is 0.558. The highest BCUT2D eigenvalue weighted by Crippen LogP contribution is 2.58. The molecule has 8 heteroatoms. The van der Waals surface area contributed by atoms with E-state index in [9.17, 15) is 18.7 Å². The third-order valence-electron chi connectivity index (χ3n) is 5.48. The van der Waals surface area contributed by atoms with E-state index < -0.39 is 22.8 Å². The molecule has 1 fully saturated rings. The summed E-state index contributed by atoms with van der Waals surface area (Å²) in [5, 5.41) is 10.4. The largest absolute Gasteiger partial charge is 0.755 e. The molecule has 1 aliphatic rings. The minimum Gasteiger partial charge on any atom is -0.755 e. The third kappa shape index (κ3) is 3.51. The van der Waals surface area contributed by atoms with Gasteiger partial charge in [0.15, 0.2) is 5.54 Å². The van der Waals surface area contributed by atoms with E-state index in [1.807, 2.05) is 79.7 Å². The lowest BCUT2D eigenvalue weighted by Gasteiger charge is -2.32. The first-order chi connectivity index (χ1) is 14.3. The summed E-state index contributed by atoms with van der Waals surface area (Å²) in [6.07, 6.45) is 0.241. The minimum absolute atomic E-state index is 0.241. The molecular formula is C22H21N2O4S2-. The minimum atomic E-state index is -2.72. The zero-order valence-corrected chi connectivity index (χ0v) is 18.2. The molecule has 4 rings (SSSR count). The van der Waals surface area contributed by atoms with Gasteiger partial charge in [-0.05, 0) is 41.8 Å². The van der Waals surface area contributed by atoms with E-state index in [1.54, 1.807) is 6.07 Å². The SMILES string of the molecule is CN(C)c1ccc(-c2ccc(N(S(=O)[O-])C3(C(=O)O)CC3c3ccccc3)s2)cc1. The van der Waals surface area contributed by atoms with Gasteiger partial charge in [-0.2, -0.15) is 0 Å². The summed E-state index contributed by atoms with van der Waals surface area (Å²) in [5.41, 5.74) is 1.34. The molecule has 3 unspecified atom stereocenters. The van der Waals surface area contributed by atoms with Gasteiger partial charge in [-0.15, -0.1) is 11.3 Å². The maximum Gasteiger partial charge on any atom is 0.331 e. The highest BCUT2D eigenvalue weighted by atomic mass is 32.2. The number of rotatable bonds is 7. The Morgan fingerprint density at radius 3 is 2.33 bits per heavy atom. The topological polar surface area (TPSA) is 83.9 Å². The Bertz CT molecular complexity index is 1080. The monoisotopic (exact) mass is 441 g/mol. The molecule has 3 aromatic rings. The number of anilines is 2. The molecule has 1 N–H and O–H groups in total. The van der Waals surface area contributed by atoms with Crippen molar-refractivity contribution >= 4 is 39.3 Å². The van der Waals surface area contributed by atoms with Gasteiger partial charge in [0.1, 0.15) is 5.00 Å². The first-order valence-electron chi connectivity index (χ1n) is 9.40. The van der Waals surface area contributed by atoms with Crippen molar-refractivity contribution in [2.24, 2.45) is 0 Å². The van der Waals surface area contributed by atoms with Crippen LogP contribution in [0, 0.1) is 0 Å². The van der Waals surface area contributed by atoms with E-state index in [0.29, 0.717) is 5.00 Å². The van der Waals surface area contributed by atoms with E-state index in [-0.39, 0.29) is 12.3 Å². The lowest BCUT2D eigenvalue weighted by molar-refractivity contribution is -0.139. The normalized spacial score (nSPS) is 21.1. The van der Waals surface area contributed by atoms with Crippen LogP contribution in [-0.4, -0.2) is 39.5 Å². The van der Waals surface area contributed by atoms with Crippen molar-refractivity contribution in [3.8, 4) is 10.4 Å². The Hall–Kier alpha value is -2.68. The molecule has 1 aliphatic carbocycles. The summed E-state index contributed by atoms with van der Waals surface area (Å²) in [6, 6.07) is 20.6. The molecule has 1 saturated carbocycles. The molecule has 1 aromatic heterocycles. The average Bonchev–Trinajstić information content (AvgIpc) is 3.29.